The molecule has 2 heteroatoms. The average Bonchev–Trinajstić information content (AvgIpc) is 2.94. The minimum Gasteiger partial charge on any atom is -0.329 e. The van der Waals surface area contributed by atoms with Gasteiger partial charge in [0, 0.05) is 18.1 Å². The Morgan fingerprint density at radius 3 is 2.50 bits per heavy atom. The maximum Gasteiger partial charge on any atom is 0.0365 e. The van der Waals surface area contributed by atoms with Crippen LogP contribution in [-0.2, 0) is 0 Å². The molecule has 0 aliphatic heterocycles. The SMILES string of the molecule is CCCCCN(C(C)C)C1(CN)CC2CCC1C2. The molecule has 0 saturated heterocycles. The summed E-state index contributed by atoms with van der Waals surface area (Å²) in [5, 5.41) is 0. The number of fused-ring (bicyclic) bond motifs is 2. The highest BCUT2D eigenvalue weighted by Gasteiger charge is 2.53. The molecule has 3 atom stereocenters. The number of hydrogen-bond acceptors (Lipinski definition) is 2. The highest BCUT2D eigenvalue weighted by atomic mass is 15.2. The van der Waals surface area contributed by atoms with E-state index in [0.29, 0.717) is 11.6 Å². The first-order valence-corrected chi connectivity index (χ1v) is 8.11. The van der Waals surface area contributed by atoms with Crippen LogP contribution in [0.25, 0.3) is 0 Å². The van der Waals surface area contributed by atoms with Crippen LogP contribution in [-0.4, -0.2) is 29.6 Å². The third-order valence-corrected chi connectivity index (χ3v) is 5.49. The Bertz CT molecular complexity index is 264. The first-order valence-electron chi connectivity index (χ1n) is 8.11. The lowest BCUT2D eigenvalue weighted by atomic mass is 9.78. The summed E-state index contributed by atoms with van der Waals surface area (Å²) in [5.41, 5.74) is 6.61. The van der Waals surface area contributed by atoms with Crippen molar-refractivity contribution in [2.45, 2.75) is 77.3 Å². The van der Waals surface area contributed by atoms with Gasteiger partial charge in [-0.15, -0.1) is 0 Å². The van der Waals surface area contributed by atoms with Crippen LogP contribution >= 0.6 is 0 Å². The number of rotatable bonds is 7. The van der Waals surface area contributed by atoms with E-state index in [1.54, 1.807) is 0 Å². The first-order chi connectivity index (χ1) is 8.64. The molecule has 2 saturated carbocycles. The van der Waals surface area contributed by atoms with Crippen molar-refractivity contribution >= 4 is 0 Å². The Kier molecular flexibility index (Phi) is 4.71. The molecule has 2 aliphatic rings. The predicted octanol–water partition coefficient (Wildman–Crippen LogP) is 3.40. The number of hydrogen-bond donors (Lipinski definition) is 1. The fourth-order valence-electron chi connectivity index (χ4n) is 4.66. The zero-order valence-corrected chi connectivity index (χ0v) is 12.6. The van der Waals surface area contributed by atoms with Gasteiger partial charge < -0.3 is 5.73 Å². The van der Waals surface area contributed by atoms with E-state index >= 15 is 0 Å². The lowest BCUT2D eigenvalue weighted by molar-refractivity contribution is 0.0146. The van der Waals surface area contributed by atoms with Gasteiger partial charge in [0.15, 0.2) is 0 Å². The standard InChI is InChI=1S/C16H32N2/c1-4-5-6-9-18(13(2)3)16(12-17)11-14-7-8-15(16)10-14/h13-15H,4-12,17H2,1-3H3. The molecule has 0 spiro atoms. The monoisotopic (exact) mass is 252 g/mol. The van der Waals surface area contributed by atoms with Gasteiger partial charge in [-0.05, 0) is 57.9 Å². The van der Waals surface area contributed by atoms with Crippen molar-refractivity contribution < 1.29 is 0 Å². The lowest BCUT2D eigenvalue weighted by Crippen LogP contribution is -2.59. The molecule has 0 aromatic rings. The normalized spacial score (nSPS) is 35.0. The summed E-state index contributed by atoms with van der Waals surface area (Å²) >= 11 is 0. The van der Waals surface area contributed by atoms with Crippen molar-refractivity contribution in [3.05, 3.63) is 0 Å². The lowest BCUT2D eigenvalue weighted by Gasteiger charge is -2.49. The van der Waals surface area contributed by atoms with Crippen molar-refractivity contribution in [3.63, 3.8) is 0 Å². The van der Waals surface area contributed by atoms with Gasteiger partial charge in [0.1, 0.15) is 0 Å². The van der Waals surface area contributed by atoms with Gasteiger partial charge in [-0.25, -0.2) is 0 Å². The summed E-state index contributed by atoms with van der Waals surface area (Å²) in [6.07, 6.45) is 9.73. The highest BCUT2D eigenvalue weighted by Crippen LogP contribution is 2.53. The minimum absolute atomic E-state index is 0.352. The Morgan fingerprint density at radius 2 is 2.06 bits per heavy atom. The van der Waals surface area contributed by atoms with E-state index in [4.69, 9.17) is 5.73 Å². The van der Waals surface area contributed by atoms with Crippen molar-refractivity contribution in [2.24, 2.45) is 17.6 Å². The molecule has 0 heterocycles. The van der Waals surface area contributed by atoms with E-state index in [-0.39, 0.29) is 0 Å². The van der Waals surface area contributed by atoms with E-state index in [1.807, 2.05) is 0 Å². The van der Waals surface area contributed by atoms with Gasteiger partial charge in [-0.2, -0.15) is 0 Å². The van der Waals surface area contributed by atoms with Gasteiger partial charge in [0.05, 0.1) is 0 Å². The van der Waals surface area contributed by atoms with Crippen molar-refractivity contribution in [1.29, 1.82) is 0 Å². The Labute approximate surface area is 113 Å². The highest BCUT2D eigenvalue weighted by molar-refractivity contribution is 5.08. The molecule has 2 rings (SSSR count). The maximum atomic E-state index is 6.26. The summed E-state index contributed by atoms with van der Waals surface area (Å²) in [4.78, 5) is 2.77. The molecular weight excluding hydrogens is 220 g/mol. The largest absolute Gasteiger partial charge is 0.329 e. The number of nitrogens with two attached hydrogens (primary N) is 1. The van der Waals surface area contributed by atoms with Crippen LogP contribution in [0, 0.1) is 11.8 Å². The van der Waals surface area contributed by atoms with Gasteiger partial charge in [-0.1, -0.05) is 26.2 Å². The summed E-state index contributed by atoms with van der Waals surface area (Å²) in [5.74, 6) is 1.86. The molecule has 0 aromatic carbocycles. The van der Waals surface area contributed by atoms with Crippen LogP contribution in [0.3, 0.4) is 0 Å². The molecule has 2 nitrogen and oxygen atoms in total. The van der Waals surface area contributed by atoms with Crippen LogP contribution in [0.1, 0.15) is 65.7 Å². The second-order valence-electron chi connectivity index (χ2n) is 6.88. The fraction of sp³-hybridized carbons (Fsp3) is 1.00. The van der Waals surface area contributed by atoms with Crippen LogP contribution in [0.5, 0.6) is 0 Å². The quantitative estimate of drug-likeness (QED) is 0.704. The van der Waals surface area contributed by atoms with Crippen LogP contribution in [0.4, 0.5) is 0 Å². The summed E-state index contributed by atoms with van der Waals surface area (Å²) in [6.45, 7) is 9.13. The average molecular weight is 252 g/mol. The Hall–Kier alpha value is -0.0800. The van der Waals surface area contributed by atoms with Crippen LogP contribution in [0.15, 0.2) is 0 Å². The molecule has 0 radical (unpaired) electrons. The molecule has 3 unspecified atom stereocenters. The zero-order chi connectivity index (χ0) is 13.2. The topological polar surface area (TPSA) is 29.3 Å². The first kappa shape index (κ1) is 14.3. The fourth-order valence-corrected chi connectivity index (χ4v) is 4.66. The van der Waals surface area contributed by atoms with Crippen LogP contribution < -0.4 is 5.73 Å². The zero-order valence-electron chi connectivity index (χ0n) is 12.6. The van der Waals surface area contributed by atoms with Gasteiger partial charge in [0.25, 0.3) is 0 Å². The number of unbranched alkanes of at least 4 members (excludes halogenated alkanes) is 2. The third kappa shape index (κ3) is 2.46. The van der Waals surface area contributed by atoms with Gasteiger partial charge in [0.2, 0.25) is 0 Å². The number of nitrogens with zero attached hydrogens (tertiary/aromatic N) is 1. The van der Waals surface area contributed by atoms with E-state index in [2.05, 4.69) is 25.7 Å². The smallest absolute Gasteiger partial charge is 0.0365 e. The Morgan fingerprint density at radius 1 is 1.28 bits per heavy atom. The van der Waals surface area contributed by atoms with E-state index in [0.717, 1.165) is 18.4 Å². The molecule has 18 heavy (non-hydrogen) atoms. The second-order valence-corrected chi connectivity index (χ2v) is 6.88. The van der Waals surface area contributed by atoms with Crippen molar-refractivity contribution in [1.82, 2.24) is 4.90 Å². The van der Waals surface area contributed by atoms with Gasteiger partial charge >= 0.3 is 0 Å². The molecular formula is C16H32N2. The summed E-state index contributed by atoms with van der Waals surface area (Å²) < 4.78 is 0. The molecule has 0 amide bonds. The molecule has 2 aliphatic carbocycles. The third-order valence-electron chi connectivity index (χ3n) is 5.49. The molecule has 0 aromatic heterocycles. The predicted molar refractivity (Wildman–Crippen MR) is 78.6 cm³/mol. The molecule has 2 bridgehead atoms. The second kappa shape index (κ2) is 5.92. The van der Waals surface area contributed by atoms with Crippen LogP contribution in [0.2, 0.25) is 0 Å². The van der Waals surface area contributed by atoms with Crippen molar-refractivity contribution in [2.75, 3.05) is 13.1 Å². The van der Waals surface area contributed by atoms with Crippen molar-refractivity contribution in [3.8, 4) is 0 Å². The summed E-state index contributed by atoms with van der Waals surface area (Å²) in [6, 6.07) is 0.643. The summed E-state index contributed by atoms with van der Waals surface area (Å²) in [7, 11) is 0. The molecule has 106 valence electrons. The minimum atomic E-state index is 0.352. The molecule has 2 N–H and O–H groups in total. The van der Waals surface area contributed by atoms with E-state index in [9.17, 15) is 0 Å². The molecule has 2 fully saturated rings. The Balaban J connectivity index is 2.07. The maximum absolute atomic E-state index is 6.26. The van der Waals surface area contributed by atoms with Gasteiger partial charge in [-0.3, -0.25) is 4.90 Å². The van der Waals surface area contributed by atoms with E-state index in [1.165, 1.54) is 51.5 Å². The van der Waals surface area contributed by atoms with E-state index < -0.39 is 0 Å².